The zero-order valence-corrected chi connectivity index (χ0v) is 26.9. The van der Waals surface area contributed by atoms with Gasteiger partial charge in [-0.1, -0.05) is 73.1 Å². The number of unbranched alkanes of at least 4 members (excludes halogenated alkanes) is 1. The summed E-state index contributed by atoms with van der Waals surface area (Å²) in [6.45, 7) is 15.8. The van der Waals surface area contributed by atoms with Gasteiger partial charge < -0.3 is 14.2 Å². The van der Waals surface area contributed by atoms with Gasteiger partial charge in [0.25, 0.3) is 0 Å². The molecule has 6 nitrogen and oxygen atoms in total. The van der Waals surface area contributed by atoms with Crippen molar-refractivity contribution in [2.45, 2.75) is 137 Å². The molecule has 0 spiro atoms. The first-order valence-electron chi connectivity index (χ1n) is 16.4. The number of benzene rings is 1. The van der Waals surface area contributed by atoms with Crippen molar-refractivity contribution in [2.75, 3.05) is 0 Å². The summed E-state index contributed by atoms with van der Waals surface area (Å²) < 4.78 is 18.1. The highest BCUT2D eigenvalue weighted by atomic mass is 16.6. The Bertz CT molecular complexity index is 1200. The van der Waals surface area contributed by atoms with Crippen molar-refractivity contribution in [3.05, 3.63) is 35.4 Å². The van der Waals surface area contributed by atoms with Crippen molar-refractivity contribution in [1.82, 2.24) is 0 Å². The molecular weight excluding hydrogens is 528 g/mol. The topological polar surface area (TPSA) is 78.9 Å². The Morgan fingerprint density at radius 3 is 1.88 bits per heavy atom. The number of esters is 3. The molecule has 4 saturated carbocycles. The van der Waals surface area contributed by atoms with Crippen LogP contribution < -0.4 is 0 Å². The zero-order valence-electron chi connectivity index (χ0n) is 26.9. The van der Waals surface area contributed by atoms with Crippen LogP contribution in [0.5, 0.6) is 0 Å². The van der Waals surface area contributed by atoms with Crippen LogP contribution in [0.25, 0.3) is 0 Å². The molecule has 0 saturated heterocycles. The van der Waals surface area contributed by atoms with E-state index in [0.717, 1.165) is 38.5 Å². The van der Waals surface area contributed by atoms with E-state index in [0.29, 0.717) is 29.4 Å². The Morgan fingerprint density at radius 1 is 0.810 bits per heavy atom. The average molecular weight is 581 g/mol. The third-order valence-electron chi connectivity index (χ3n) is 13.1. The zero-order chi connectivity index (χ0) is 30.5. The predicted octanol–water partition coefficient (Wildman–Crippen LogP) is 8.37. The van der Waals surface area contributed by atoms with E-state index in [2.05, 4.69) is 48.5 Å². The van der Waals surface area contributed by atoms with Gasteiger partial charge in [-0.2, -0.15) is 0 Å². The molecule has 0 radical (unpaired) electrons. The van der Waals surface area contributed by atoms with E-state index in [1.54, 1.807) is 6.07 Å². The molecule has 0 heterocycles. The monoisotopic (exact) mass is 580 g/mol. The third kappa shape index (κ3) is 5.09. The first-order chi connectivity index (χ1) is 19.7. The van der Waals surface area contributed by atoms with E-state index >= 15 is 0 Å². The van der Waals surface area contributed by atoms with E-state index in [1.165, 1.54) is 12.8 Å². The van der Waals surface area contributed by atoms with Gasteiger partial charge in [-0.3, -0.25) is 9.59 Å². The summed E-state index contributed by atoms with van der Waals surface area (Å²) in [4.78, 5) is 39.4. The number of hydrogen-bond donors (Lipinski definition) is 0. The lowest BCUT2D eigenvalue weighted by molar-refractivity contribution is -0.161. The van der Waals surface area contributed by atoms with Crippen molar-refractivity contribution in [3.63, 3.8) is 0 Å². The molecule has 42 heavy (non-hydrogen) atoms. The fourth-order valence-electron chi connectivity index (χ4n) is 9.08. The lowest BCUT2D eigenvalue weighted by Gasteiger charge is -2.38. The van der Waals surface area contributed by atoms with Crippen molar-refractivity contribution in [2.24, 2.45) is 33.5 Å². The van der Waals surface area contributed by atoms with Gasteiger partial charge in [0.05, 0.1) is 18.4 Å². The molecule has 7 atom stereocenters. The Hall–Kier alpha value is -2.37. The number of hydrogen-bond acceptors (Lipinski definition) is 6. The van der Waals surface area contributed by atoms with Gasteiger partial charge in [-0.05, 0) is 80.1 Å². The lowest BCUT2D eigenvalue weighted by Crippen LogP contribution is -2.38. The SMILES string of the molecule is CCCCC(OC(=O)CCC(=O)O[C@@H]1C[C@@H]2CC[C@@]1(C)C2(C)C)c1ccccc1C(=O)O[C@@H]1C[C@@H]2CC[C@@]1(C)C2(C)C. The summed E-state index contributed by atoms with van der Waals surface area (Å²) in [5.74, 6) is 0.0210. The number of ether oxygens (including phenoxy) is 3. The Balaban J connectivity index is 1.21. The molecule has 4 bridgehead atoms. The molecule has 4 aliphatic rings. The number of fused-ring (bicyclic) bond motifs is 4. The summed E-state index contributed by atoms with van der Waals surface area (Å²) in [5, 5.41) is 0. The summed E-state index contributed by atoms with van der Waals surface area (Å²) in [5.41, 5.74) is 1.39. The first-order valence-corrected chi connectivity index (χ1v) is 16.4. The van der Waals surface area contributed by atoms with Gasteiger partial charge in [-0.15, -0.1) is 0 Å². The van der Waals surface area contributed by atoms with Crippen LogP contribution in [0.1, 0.15) is 141 Å². The largest absolute Gasteiger partial charge is 0.462 e. The van der Waals surface area contributed by atoms with E-state index in [1.807, 2.05) is 18.2 Å². The minimum absolute atomic E-state index is 0.00207. The number of carbonyl (C=O) groups is 3. The van der Waals surface area contributed by atoms with Crippen LogP contribution in [-0.4, -0.2) is 30.1 Å². The van der Waals surface area contributed by atoms with Gasteiger partial charge in [0.2, 0.25) is 0 Å². The molecule has 0 aliphatic heterocycles. The summed E-state index contributed by atoms with van der Waals surface area (Å²) in [6.07, 6.45) is 7.89. The smallest absolute Gasteiger partial charge is 0.338 e. The minimum Gasteiger partial charge on any atom is -0.462 e. The average Bonchev–Trinajstić information content (AvgIpc) is 3.46. The van der Waals surface area contributed by atoms with Crippen molar-refractivity contribution < 1.29 is 28.6 Å². The van der Waals surface area contributed by atoms with Gasteiger partial charge in [-0.25, -0.2) is 4.79 Å². The molecule has 6 heteroatoms. The van der Waals surface area contributed by atoms with E-state index < -0.39 is 12.1 Å². The molecule has 4 fully saturated rings. The third-order valence-corrected chi connectivity index (χ3v) is 13.1. The van der Waals surface area contributed by atoms with Crippen LogP contribution in [0.2, 0.25) is 0 Å². The highest BCUT2D eigenvalue weighted by molar-refractivity contribution is 5.91. The quantitative estimate of drug-likeness (QED) is 0.193. The van der Waals surface area contributed by atoms with Gasteiger partial charge in [0, 0.05) is 16.4 Å². The molecular formula is C36H52O6. The van der Waals surface area contributed by atoms with Crippen LogP contribution in [0, 0.1) is 33.5 Å². The Kier molecular flexibility index (Phi) is 8.35. The van der Waals surface area contributed by atoms with Crippen LogP contribution >= 0.6 is 0 Å². The maximum Gasteiger partial charge on any atom is 0.338 e. The fraction of sp³-hybridized carbons (Fsp3) is 0.750. The maximum absolute atomic E-state index is 13.6. The van der Waals surface area contributed by atoms with Crippen LogP contribution in [0.4, 0.5) is 0 Å². The van der Waals surface area contributed by atoms with Gasteiger partial charge in [0.15, 0.2) is 0 Å². The van der Waals surface area contributed by atoms with E-state index in [4.69, 9.17) is 14.2 Å². The molecule has 1 unspecified atom stereocenters. The predicted molar refractivity (Wildman–Crippen MR) is 162 cm³/mol. The Labute approximate surface area is 252 Å². The molecule has 4 aliphatic carbocycles. The molecule has 0 aromatic heterocycles. The minimum atomic E-state index is -0.574. The number of rotatable bonds is 11. The standard InChI is InChI=1S/C36H52O6/c1-8-9-14-27(40-30(37)15-16-31(38)41-28-21-23-17-19-35(28,6)33(23,2)3)25-12-10-11-13-26(25)32(39)42-29-22-24-18-20-36(29,7)34(24,4)5/h10-13,23-24,27-29H,8-9,14-22H2,1-7H3/t23-,24-,27?,28+,29+,35+,36+/m0/s1. The van der Waals surface area contributed by atoms with Crippen molar-refractivity contribution in [3.8, 4) is 0 Å². The highest BCUT2D eigenvalue weighted by Crippen LogP contribution is 2.67. The second kappa shape index (κ2) is 11.3. The molecule has 1 aromatic carbocycles. The summed E-state index contributed by atoms with van der Waals surface area (Å²) in [7, 11) is 0. The summed E-state index contributed by atoms with van der Waals surface area (Å²) in [6, 6.07) is 7.34. The van der Waals surface area contributed by atoms with E-state index in [9.17, 15) is 14.4 Å². The molecule has 232 valence electrons. The molecule has 1 aromatic rings. The summed E-state index contributed by atoms with van der Waals surface area (Å²) >= 11 is 0. The van der Waals surface area contributed by atoms with Crippen LogP contribution in [0.15, 0.2) is 24.3 Å². The molecule has 5 rings (SSSR count). The molecule has 0 N–H and O–H groups in total. The maximum atomic E-state index is 13.6. The number of carbonyl (C=O) groups excluding carboxylic acids is 3. The normalized spacial score (nSPS) is 34.3. The van der Waals surface area contributed by atoms with Crippen molar-refractivity contribution in [1.29, 1.82) is 0 Å². The Morgan fingerprint density at radius 2 is 1.36 bits per heavy atom. The van der Waals surface area contributed by atoms with E-state index in [-0.39, 0.29) is 58.6 Å². The first kappa shape index (κ1) is 31.1. The highest BCUT2D eigenvalue weighted by Gasteiger charge is 2.64. The fourth-order valence-corrected chi connectivity index (χ4v) is 9.08. The second-order valence-electron chi connectivity index (χ2n) is 15.3. The molecule has 0 amide bonds. The second-order valence-corrected chi connectivity index (χ2v) is 15.3. The lowest BCUT2D eigenvalue weighted by atomic mass is 9.70. The van der Waals surface area contributed by atoms with Crippen molar-refractivity contribution >= 4 is 17.9 Å². The van der Waals surface area contributed by atoms with Crippen LogP contribution in [0.3, 0.4) is 0 Å². The van der Waals surface area contributed by atoms with Gasteiger partial charge >= 0.3 is 17.9 Å². The van der Waals surface area contributed by atoms with Gasteiger partial charge in [0.1, 0.15) is 18.3 Å². The van der Waals surface area contributed by atoms with Crippen LogP contribution in [-0.2, 0) is 23.8 Å².